The van der Waals surface area contributed by atoms with Crippen LogP contribution in [0.15, 0.2) is 30.3 Å². The van der Waals surface area contributed by atoms with E-state index in [-0.39, 0.29) is 42.7 Å². The van der Waals surface area contributed by atoms with E-state index in [1.54, 1.807) is 0 Å². The van der Waals surface area contributed by atoms with Crippen molar-refractivity contribution in [3.63, 3.8) is 0 Å². The third-order valence-electron chi connectivity index (χ3n) is 2.88. The molecule has 0 radical (unpaired) electrons. The van der Waals surface area contributed by atoms with E-state index < -0.39 is 22.4 Å². The number of hydrogen-bond acceptors (Lipinski definition) is 4. The first-order valence-electron chi connectivity index (χ1n) is 5.70. The van der Waals surface area contributed by atoms with Gasteiger partial charge in [0.05, 0.1) is 0 Å². The molecule has 7 heteroatoms. The number of hydrogen-bond donors (Lipinski definition) is 0. The Bertz CT molecular complexity index is 443. The molecule has 0 bridgehead atoms. The number of carbonyl (C=O) groups excluding carboxylic acids is 1. The van der Waals surface area contributed by atoms with E-state index in [0.717, 1.165) is 5.56 Å². The van der Waals surface area contributed by atoms with Crippen molar-refractivity contribution >= 4 is 17.2 Å². The zero-order chi connectivity index (χ0) is 13.0. The third kappa shape index (κ3) is 4.89. The van der Waals surface area contributed by atoms with Crippen LogP contribution < -0.4 is 29.6 Å². The normalized spacial score (nSPS) is 19.6. The standard InChI is InChI=1S/C12H15NO4S.Na/c14-12(13-7-6-11(8-13)18(15)16)17-9-10-4-2-1-3-5-10;/h1-5,11H,6-9H2,(H,15,16);/q;+1/p-1/t11-;/m0./s1. The molecule has 0 spiro atoms. The number of likely N-dealkylation sites (tertiary alicyclic amines) is 1. The first kappa shape index (κ1) is 16.7. The summed E-state index contributed by atoms with van der Waals surface area (Å²) < 4.78 is 26.7. The van der Waals surface area contributed by atoms with Crippen LogP contribution in [-0.4, -0.2) is 38.1 Å². The van der Waals surface area contributed by atoms with Gasteiger partial charge in [0.25, 0.3) is 0 Å². The van der Waals surface area contributed by atoms with Gasteiger partial charge in [0.2, 0.25) is 0 Å². The Hall–Kier alpha value is -0.400. The summed E-state index contributed by atoms with van der Waals surface area (Å²) >= 11 is -2.12. The molecular formula is C12H14NNaO4S. The summed E-state index contributed by atoms with van der Waals surface area (Å²) in [6.07, 6.45) is 0.0307. The molecule has 19 heavy (non-hydrogen) atoms. The van der Waals surface area contributed by atoms with E-state index in [9.17, 15) is 13.6 Å². The maximum atomic E-state index is 11.7. The van der Waals surface area contributed by atoms with Gasteiger partial charge in [-0.25, -0.2) is 4.79 Å². The molecule has 1 aliphatic rings. The number of carbonyl (C=O) groups is 1. The minimum absolute atomic E-state index is 0. The van der Waals surface area contributed by atoms with Crippen LogP contribution in [0.3, 0.4) is 0 Å². The summed E-state index contributed by atoms with van der Waals surface area (Å²) in [5.41, 5.74) is 0.911. The summed E-state index contributed by atoms with van der Waals surface area (Å²) in [4.78, 5) is 13.1. The molecule has 1 aliphatic heterocycles. The molecule has 1 fully saturated rings. The van der Waals surface area contributed by atoms with Crippen molar-refractivity contribution in [2.75, 3.05) is 13.1 Å². The molecule has 0 N–H and O–H groups in total. The fraction of sp³-hybridized carbons (Fsp3) is 0.417. The largest absolute Gasteiger partial charge is 1.00 e. The molecule has 1 heterocycles. The SMILES string of the molecule is O=C(OCc1ccccc1)N1CC[C@H](S(=O)[O-])C1.[Na+]. The quantitative estimate of drug-likeness (QED) is 0.491. The average molecular weight is 291 g/mol. The van der Waals surface area contributed by atoms with Gasteiger partial charge < -0.3 is 14.2 Å². The van der Waals surface area contributed by atoms with E-state index in [1.165, 1.54) is 4.90 Å². The van der Waals surface area contributed by atoms with E-state index in [1.807, 2.05) is 30.3 Å². The van der Waals surface area contributed by atoms with Crippen molar-refractivity contribution < 1.29 is 47.9 Å². The van der Waals surface area contributed by atoms with Crippen LogP contribution in [0, 0.1) is 0 Å². The van der Waals surface area contributed by atoms with E-state index in [4.69, 9.17) is 4.74 Å². The van der Waals surface area contributed by atoms with Crippen LogP contribution in [0.2, 0.25) is 0 Å². The van der Waals surface area contributed by atoms with Gasteiger partial charge in [0, 0.05) is 18.3 Å². The Morgan fingerprint density at radius 3 is 2.68 bits per heavy atom. The summed E-state index contributed by atoms with van der Waals surface area (Å²) in [6.45, 7) is 0.872. The number of nitrogens with zero attached hydrogens (tertiary/aromatic N) is 1. The summed E-state index contributed by atoms with van der Waals surface area (Å²) in [5.74, 6) is 0. The molecule has 0 aliphatic carbocycles. The zero-order valence-corrected chi connectivity index (χ0v) is 13.6. The smallest absolute Gasteiger partial charge is 0.772 e. The van der Waals surface area contributed by atoms with Crippen LogP contribution in [0.5, 0.6) is 0 Å². The van der Waals surface area contributed by atoms with Gasteiger partial charge in [0.15, 0.2) is 0 Å². The van der Waals surface area contributed by atoms with Gasteiger partial charge in [-0.05, 0) is 12.0 Å². The van der Waals surface area contributed by atoms with Crippen molar-refractivity contribution in [1.29, 1.82) is 0 Å². The molecule has 5 nitrogen and oxygen atoms in total. The van der Waals surface area contributed by atoms with Gasteiger partial charge >= 0.3 is 35.7 Å². The van der Waals surface area contributed by atoms with Crippen molar-refractivity contribution in [3.05, 3.63) is 35.9 Å². The zero-order valence-electron chi connectivity index (χ0n) is 10.8. The fourth-order valence-electron chi connectivity index (χ4n) is 1.86. The van der Waals surface area contributed by atoms with Crippen molar-refractivity contribution in [3.8, 4) is 0 Å². The van der Waals surface area contributed by atoms with Crippen molar-refractivity contribution in [1.82, 2.24) is 4.90 Å². The Balaban J connectivity index is 0.00000180. The van der Waals surface area contributed by atoms with Crippen molar-refractivity contribution in [2.24, 2.45) is 0 Å². The molecule has 2 atom stereocenters. The Labute approximate surface area is 136 Å². The maximum absolute atomic E-state index is 11.7. The topological polar surface area (TPSA) is 69.7 Å². The van der Waals surface area contributed by atoms with Crippen molar-refractivity contribution in [2.45, 2.75) is 18.3 Å². The van der Waals surface area contributed by atoms with Crippen LogP contribution >= 0.6 is 0 Å². The third-order valence-corrected chi connectivity index (χ3v) is 3.81. The maximum Gasteiger partial charge on any atom is 1.00 e. The van der Waals surface area contributed by atoms with Crippen LogP contribution in [0.25, 0.3) is 0 Å². The molecule has 1 saturated heterocycles. The first-order chi connectivity index (χ1) is 8.66. The van der Waals surface area contributed by atoms with Crippen LogP contribution in [0.4, 0.5) is 4.79 Å². The molecule has 2 rings (SSSR count). The Kier molecular flexibility index (Phi) is 7.02. The predicted octanol–water partition coefficient (Wildman–Crippen LogP) is -1.72. The average Bonchev–Trinajstić information content (AvgIpc) is 2.87. The summed E-state index contributed by atoms with van der Waals surface area (Å²) in [5, 5.41) is -0.464. The molecule has 0 saturated carbocycles. The second-order valence-electron chi connectivity index (χ2n) is 4.16. The molecule has 0 aromatic heterocycles. The van der Waals surface area contributed by atoms with Gasteiger partial charge in [0.1, 0.15) is 6.61 Å². The Morgan fingerprint density at radius 1 is 1.42 bits per heavy atom. The van der Waals surface area contributed by atoms with Crippen LogP contribution in [-0.2, 0) is 22.4 Å². The van der Waals surface area contributed by atoms with Gasteiger partial charge in [-0.1, -0.05) is 41.4 Å². The molecule has 1 unspecified atom stereocenters. The molecule has 98 valence electrons. The summed E-state index contributed by atoms with van der Waals surface area (Å²) in [7, 11) is 0. The van der Waals surface area contributed by atoms with E-state index in [2.05, 4.69) is 0 Å². The number of rotatable bonds is 3. The number of ether oxygens (including phenoxy) is 1. The number of benzene rings is 1. The van der Waals surface area contributed by atoms with Crippen LogP contribution in [0.1, 0.15) is 12.0 Å². The van der Waals surface area contributed by atoms with Gasteiger partial charge in [-0.3, -0.25) is 4.21 Å². The molecule has 1 aromatic carbocycles. The first-order valence-corrected chi connectivity index (χ1v) is 6.84. The number of amides is 1. The van der Waals surface area contributed by atoms with E-state index in [0.29, 0.717) is 13.0 Å². The fourth-order valence-corrected chi connectivity index (χ4v) is 2.46. The van der Waals surface area contributed by atoms with Gasteiger partial charge in [-0.2, -0.15) is 0 Å². The van der Waals surface area contributed by atoms with E-state index >= 15 is 0 Å². The predicted molar refractivity (Wildman–Crippen MR) is 65.5 cm³/mol. The summed E-state index contributed by atoms with van der Waals surface area (Å²) in [6, 6.07) is 9.37. The molecular weight excluding hydrogens is 277 g/mol. The Morgan fingerprint density at radius 2 is 2.11 bits per heavy atom. The van der Waals surface area contributed by atoms with Gasteiger partial charge in [-0.15, -0.1) is 0 Å². The monoisotopic (exact) mass is 291 g/mol. The second kappa shape index (κ2) is 8.01. The molecule has 1 amide bonds. The second-order valence-corrected chi connectivity index (χ2v) is 5.35. The molecule has 1 aromatic rings. The minimum Gasteiger partial charge on any atom is -0.772 e. The minimum atomic E-state index is -2.12.